The largest absolute Gasteiger partial charge is 0.493 e. The summed E-state index contributed by atoms with van der Waals surface area (Å²) in [7, 11) is 1.34. The third-order valence-corrected chi connectivity index (χ3v) is 3.65. The van der Waals surface area contributed by atoms with Crippen LogP contribution in [0.3, 0.4) is 0 Å². The van der Waals surface area contributed by atoms with Gasteiger partial charge in [0.1, 0.15) is 10.6 Å². The van der Waals surface area contributed by atoms with Gasteiger partial charge in [0.15, 0.2) is 0 Å². The summed E-state index contributed by atoms with van der Waals surface area (Å²) < 4.78 is 10.3. The molecule has 2 aromatic rings. The molecule has 0 spiro atoms. The van der Waals surface area contributed by atoms with E-state index in [1.807, 2.05) is 36.6 Å². The zero-order chi connectivity index (χ0) is 13.8. The van der Waals surface area contributed by atoms with Crippen LogP contribution in [0.4, 0.5) is 5.69 Å². The first-order valence-corrected chi connectivity index (χ1v) is 6.74. The van der Waals surface area contributed by atoms with Gasteiger partial charge in [-0.1, -0.05) is 18.2 Å². The van der Waals surface area contributed by atoms with Crippen LogP contribution in [0.15, 0.2) is 29.6 Å². The van der Waals surface area contributed by atoms with Crippen LogP contribution in [0.5, 0.6) is 5.75 Å². The molecule has 0 saturated heterocycles. The summed E-state index contributed by atoms with van der Waals surface area (Å²) in [4.78, 5) is 12.0. The predicted octanol–water partition coefficient (Wildman–Crippen LogP) is 3.18. The summed E-state index contributed by atoms with van der Waals surface area (Å²) in [6.07, 6.45) is 0. The normalized spacial score (nSPS) is 10.2. The highest BCUT2D eigenvalue weighted by molar-refractivity contribution is 7.13. The highest BCUT2D eigenvalue weighted by atomic mass is 32.1. The van der Waals surface area contributed by atoms with E-state index in [0.717, 1.165) is 16.9 Å². The first-order chi connectivity index (χ1) is 9.19. The molecule has 5 heteroatoms. The highest BCUT2D eigenvalue weighted by Gasteiger charge is 2.18. The molecule has 1 aromatic heterocycles. The molecule has 0 aliphatic rings. The van der Waals surface area contributed by atoms with E-state index >= 15 is 0 Å². The zero-order valence-electron chi connectivity index (χ0n) is 10.8. The number of hydrogen-bond acceptors (Lipinski definition) is 5. The van der Waals surface area contributed by atoms with Gasteiger partial charge in [-0.05, 0) is 13.0 Å². The number of nitrogen functional groups attached to an aromatic ring is 1. The Labute approximate surface area is 115 Å². The number of carbonyl (C=O) groups is 1. The molecule has 1 aromatic carbocycles. The molecule has 0 amide bonds. The van der Waals surface area contributed by atoms with Crippen molar-refractivity contribution in [2.24, 2.45) is 0 Å². The summed E-state index contributed by atoms with van der Waals surface area (Å²) >= 11 is 1.28. The lowest BCUT2D eigenvalue weighted by atomic mass is 10.1. The van der Waals surface area contributed by atoms with E-state index in [4.69, 9.17) is 15.2 Å². The second kappa shape index (κ2) is 5.75. The van der Waals surface area contributed by atoms with Crippen molar-refractivity contribution in [1.29, 1.82) is 0 Å². The number of thiophene rings is 1. The molecule has 0 fully saturated rings. The lowest BCUT2D eigenvalue weighted by molar-refractivity contribution is 0.0607. The van der Waals surface area contributed by atoms with Gasteiger partial charge in [-0.3, -0.25) is 0 Å². The molecule has 4 nitrogen and oxygen atoms in total. The van der Waals surface area contributed by atoms with Gasteiger partial charge in [-0.15, -0.1) is 11.3 Å². The summed E-state index contributed by atoms with van der Waals surface area (Å²) in [5.41, 5.74) is 8.15. The van der Waals surface area contributed by atoms with Gasteiger partial charge in [0.2, 0.25) is 0 Å². The minimum absolute atomic E-state index is 0.414. The first kappa shape index (κ1) is 13.4. The Morgan fingerprint density at radius 2 is 2.05 bits per heavy atom. The molecule has 100 valence electrons. The van der Waals surface area contributed by atoms with Crippen LogP contribution in [0, 0.1) is 0 Å². The predicted molar refractivity (Wildman–Crippen MR) is 76.7 cm³/mol. The molecule has 2 rings (SSSR count). The molecule has 0 unspecified atom stereocenters. The van der Waals surface area contributed by atoms with E-state index in [1.165, 1.54) is 18.4 Å². The number of methoxy groups -OCH3 is 1. The minimum Gasteiger partial charge on any atom is -0.493 e. The molecule has 2 N–H and O–H groups in total. The highest BCUT2D eigenvalue weighted by Crippen LogP contribution is 2.39. The molecular weight excluding hydrogens is 262 g/mol. The number of para-hydroxylation sites is 1. The number of nitrogens with two attached hydrogens (primary N) is 1. The Morgan fingerprint density at radius 3 is 2.74 bits per heavy atom. The molecule has 1 heterocycles. The third kappa shape index (κ3) is 2.56. The van der Waals surface area contributed by atoms with Crippen molar-refractivity contribution in [3.63, 3.8) is 0 Å². The second-order valence-corrected chi connectivity index (χ2v) is 4.69. The van der Waals surface area contributed by atoms with E-state index in [1.54, 1.807) is 0 Å². The van der Waals surface area contributed by atoms with Crippen LogP contribution in [0.25, 0.3) is 11.1 Å². The van der Waals surface area contributed by atoms with Crippen LogP contribution in [-0.4, -0.2) is 19.7 Å². The van der Waals surface area contributed by atoms with Gasteiger partial charge < -0.3 is 15.2 Å². The van der Waals surface area contributed by atoms with E-state index in [2.05, 4.69) is 0 Å². The van der Waals surface area contributed by atoms with Crippen molar-refractivity contribution in [3.8, 4) is 16.9 Å². The number of rotatable bonds is 4. The third-order valence-electron chi connectivity index (χ3n) is 2.68. The lowest BCUT2D eigenvalue weighted by Crippen LogP contribution is -2.02. The van der Waals surface area contributed by atoms with Gasteiger partial charge in [0, 0.05) is 16.5 Å². The number of hydrogen-bond donors (Lipinski definition) is 1. The lowest BCUT2D eigenvalue weighted by Gasteiger charge is -2.09. The van der Waals surface area contributed by atoms with Gasteiger partial charge in [0.25, 0.3) is 0 Å². The molecule has 0 saturated carbocycles. The Hall–Kier alpha value is -2.01. The fourth-order valence-corrected chi connectivity index (χ4v) is 2.70. The molecule has 0 radical (unpaired) electrons. The van der Waals surface area contributed by atoms with Gasteiger partial charge in [-0.2, -0.15) is 0 Å². The average Bonchev–Trinajstić information content (AvgIpc) is 2.81. The Kier molecular flexibility index (Phi) is 4.06. The van der Waals surface area contributed by atoms with E-state index in [9.17, 15) is 4.79 Å². The summed E-state index contributed by atoms with van der Waals surface area (Å²) in [5, 5.41) is 1.85. The SMILES string of the molecule is CCOc1ccccc1-c1csc(C(=O)OC)c1N. The first-order valence-electron chi connectivity index (χ1n) is 5.86. The number of ether oxygens (including phenoxy) is 2. The topological polar surface area (TPSA) is 61.5 Å². The zero-order valence-corrected chi connectivity index (χ0v) is 11.6. The van der Waals surface area contributed by atoms with Crippen molar-refractivity contribution < 1.29 is 14.3 Å². The minimum atomic E-state index is -0.414. The van der Waals surface area contributed by atoms with Crippen molar-refractivity contribution in [1.82, 2.24) is 0 Å². The Bertz CT molecular complexity index is 592. The van der Waals surface area contributed by atoms with Crippen molar-refractivity contribution in [2.75, 3.05) is 19.5 Å². The quantitative estimate of drug-likeness (QED) is 0.872. The number of benzene rings is 1. The molecule has 19 heavy (non-hydrogen) atoms. The van der Waals surface area contributed by atoms with Crippen LogP contribution in [-0.2, 0) is 4.74 Å². The molecular formula is C14H15NO3S. The Morgan fingerprint density at radius 1 is 1.32 bits per heavy atom. The average molecular weight is 277 g/mol. The summed E-state index contributed by atoms with van der Waals surface area (Å²) in [5.74, 6) is 0.341. The molecule has 0 bridgehead atoms. The maximum Gasteiger partial charge on any atom is 0.350 e. The van der Waals surface area contributed by atoms with E-state index in [0.29, 0.717) is 17.2 Å². The maximum atomic E-state index is 11.6. The molecule has 0 aliphatic heterocycles. The second-order valence-electron chi connectivity index (χ2n) is 3.81. The van der Waals surface area contributed by atoms with Crippen molar-refractivity contribution in [3.05, 3.63) is 34.5 Å². The van der Waals surface area contributed by atoms with E-state index < -0.39 is 5.97 Å². The van der Waals surface area contributed by atoms with E-state index in [-0.39, 0.29) is 0 Å². The fraction of sp³-hybridized carbons (Fsp3) is 0.214. The maximum absolute atomic E-state index is 11.6. The van der Waals surface area contributed by atoms with Gasteiger partial charge in [0.05, 0.1) is 19.4 Å². The number of esters is 1. The molecule has 0 atom stereocenters. The summed E-state index contributed by atoms with van der Waals surface area (Å²) in [6.45, 7) is 2.50. The van der Waals surface area contributed by atoms with Gasteiger partial charge >= 0.3 is 5.97 Å². The van der Waals surface area contributed by atoms with Crippen LogP contribution < -0.4 is 10.5 Å². The summed E-state index contributed by atoms with van der Waals surface area (Å²) in [6, 6.07) is 7.61. The monoisotopic (exact) mass is 277 g/mol. The van der Waals surface area contributed by atoms with Crippen LogP contribution >= 0.6 is 11.3 Å². The fourth-order valence-electron chi connectivity index (χ4n) is 1.80. The Balaban J connectivity index is 2.48. The number of anilines is 1. The van der Waals surface area contributed by atoms with Crippen LogP contribution in [0.1, 0.15) is 16.6 Å². The van der Waals surface area contributed by atoms with Crippen LogP contribution in [0.2, 0.25) is 0 Å². The molecule has 0 aliphatic carbocycles. The van der Waals surface area contributed by atoms with Crippen molar-refractivity contribution in [2.45, 2.75) is 6.92 Å². The van der Waals surface area contributed by atoms with Gasteiger partial charge in [-0.25, -0.2) is 4.79 Å². The standard InChI is InChI=1S/C14H15NO3S/c1-3-18-11-7-5-4-6-9(11)10-8-19-13(12(10)15)14(16)17-2/h4-8H,3,15H2,1-2H3. The smallest absolute Gasteiger partial charge is 0.350 e. The van der Waals surface area contributed by atoms with Crippen molar-refractivity contribution >= 4 is 23.0 Å². The number of carbonyl (C=O) groups excluding carboxylic acids is 1.